The van der Waals surface area contributed by atoms with Crippen molar-refractivity contribution >= 4 is 56.0 Å². The fourth-order valence-electron chi connectivity index (χ4n) is 2.38. The van der Waals surface area contributed by atoms with Crippen molar-refractivity contribution in [1.82, 2.24) is 25.1 Å². The van der Waals surface area contributed by atoms with Crippen LogP contribution in [0.2, 0.25) is 0 Å². The third kappa shape index (κ3) is 4.97. The van der Waals surface area contributed by atoms with Crippen molar-refractivity contribution in [1.29, 1.82) is 0 Å². The van der Waals surface area contributed by atoms with Crippen molar-refractivity contribution in [2.45, 2.75) is 18.1 Å². The van der Waals surface area contributed by atoms with Gasteiger partial charge in [0.15, 0.2) is 16.1 Å². The Balaban J connectivity index is 1.59. The second-order valence-electron chi connectivity index (χ2n) is 5.75. The first kappa shape index (κ1) is 20.5. The number of benzene rings is 1. The molecule has 0 saturated heterocycles. The zero-order valence-corrected chi connectivity index (χ0v) is 18.3. The van der Waals surface area contributed by atoms with Gasteiger partial charge >= 0.3 is 0 Å². The van der Waals surface area contributed by atoms with Gasteiger partial charge in [0.2, 0.25) is 5.91 Å². The van der Waals surface area contributed by atoms with Crippen molar-refractivity contribution in [2.75, 3.05) is 11.1 Å². The van der Waals surface area contributed by atoms with Crippen molar-refractivity contribution in [3.63, 3.8) is 0 Å². The summed E-state index contributed by atoms with van der Waals surface area (Å²) in [5, 5.41) is 16.9. The Hall–Kier alpha value is -2.24. The van der Waals surface area contributed by atoms with E-state index in [1.807, 2.05) is 19.1 Å². The van der Waals surface area contributed by atoms with Gasteiger partial charge < -0.3 is 15.2 Å². The highest BCUT2D eigenvalue weighted by Gasteiger charge is 2.20. The van der Waals surface area contributed by atoms with Crippen LogP contribution in [0.3, 0.4) is 0 Å². The SMILES string of the molecule is C[C@H](NC(=O)c1ccccc1Br)c1nnc(SCC(=O)Nc2nccs2)n1C. The number of hydrogen-bond donors (Lipinski definition) is 2. The number of nitrogens with one attached hydrogen (secondary N) is 2. The van der Waals surface area contributed by atoms with Gasteiger partial charge in [-0.15, -0.1) is 21.5 Å². The maximum absolute atomic E-state index is 12.5. The minimum atomic E-state index is -0.351. The highest BCUT2D eigenvalue weighted by atomic mass is 79.9. The summed E-state index contributed by atoms with van der Waals surface area (Å²) < 4.78 is 2.49. The van der Waals surface area contributed by atoms with Gasteiger partial charge in [0, 0.05) is 23.1 Å². The lowest BCUT2D eigenvalue weighted by atomic mass is 10.2. The number of anilines is 1. The maximum atomic E-state index is 12.5. The van der Waals surface area contributed by atoms with Gasteiger partial charge in [0.05, 0.1) is 17.4 Å². The number of carbonyl (C=O) groups is 2. The highest BCUT2D eigenvalue weighted by molar-refractivity contribution is 9.10. The average molecular weight is 481 g/mol. The van der Waals surface area contributed by atoms with Gasteiger partial charge in [-0.2, -0.15) is 0 Å². The Bertz CT molecular complexity index is 976. The fraction of sp³-hybridized carbons (Fsp3) is 0.235. The Kier molecular flexibility index (Phi) is 6.81. The lowest BCUT2D eigenvalue weighted by molar-refractivity contribution is -0.113. The van der Waals surface area contributed by atoms with E-state index in [1.165, 1.54) is 23.1 Å². The van der Waals surface area contributed by atoms with E-state index in [0.717, 1.165) is 4.47 Å². The Morgan fingerprint density at radius 1 is 1.32 bits per heavy atom. The van der Waals surface area contributed by atoms with Crippen LogP contribution in [0.1, 0.15) is 29.1 Å². The number of rotatable bonds is 7. The Morgan fingerprint density at radius 3 is 2.82 bits per heavy atom. The zero-order chi connectivity index (χ0) is 20.1. The molecule has 11 heteroatoms. The van der Waals surface area contributed by atoms with Crippen molar-refractivity contribution < 1.29 is 9.59 Å². The molecule has 1 aromatic carbocycles. The van der Waals surface area contributed by atoms with E-state index in [0.29, 0.717) is 21.7 Å². The van der Waals surface area contributed by atoms with Crippen molar-refractivity contribution in [3.05, 3.63) is 51.7 Å². The van der Waals surface area contributed by atoms with Crippen LogP contribution in [0.4, 0.5) is 5.13 Å². The molecule has 0 spiro atoms. The van der Waals surface area contributed by atoms with Gasteiger partial charge in [0.25, 0.3) is 5.91 Å². The van der Waals surface area contributed by atoms with Gasteiger partial charge in [0.1, 0.15) is 0 Å². The van der Waals surface area contributed by atoms with Crippen molar-refractivity contribution in [3.8, 4) is 0 Å². The molecule has 2 N–H and O–H groups in total. The Morgan fingerprint density at radius 2 is 2.11 bits per heavy atom. The standard InChI is InChI=1S/C17H17BrN6O2S2/c1-10(20-15(26)11-5-3-4-6-12(11)18)14-22-23-17(24(14)2)28-9-13(25)21-16-19-7-8-27-16/h3-8,10H,9H2,1-2H3,(H,20,26)(H,19,21,25)/t10-/m0/s1. The van der Waals surface area contributed by atoms with Crippen LogP contribution in [-0.2, 0) is 11.8 Å². The predicted octanol–water partition coefficient (Wildman–Crippen LogP) is 3.26. The van der Waals surface area contributed by atoms with Gasteiger partial charge in [-0.25, -0.2) is 4.98 Å². The highest BCUT2D eigenvalue weighted by Crippen LogP contribution is 2.21. The summed E-state index contributed by atoms with van der Waals surface area (Å²) in [5.74, 6) is 0.409. The van der Waals surface area contributed by atoms with Crippen LogP contribution in [-0.4, -0.2) is 37.3 Å². The van der Waals surface area contributed by atoms with Crippen molar-refractivity contribution in [2.24, 2.45) is 7.05 Å². The molecule has 0 aliphatic carbocycles. The smallest absolute Gasteiger partial charge is 0.253 e. The molecular weight excluding hydrogens is 464 g/mol. The molecule has 1 atom stereocenters. The molecule has 146 valence electrons. The number of carbonyl (C=O) groups excluding carboxylic acids is 2. The molecule has 2 aromatic heterocycles. The van der Waals surface area contributed by atoms with Gasteiger partial charge in [-0.05, 0) is 35.0 Å². The predicted molar refractivity (Wildman–Crippen MR) is 112 cm³/mol. The fourth-order valence-corrected chi connectivity index (χ4v) is 4.11. The number of halogens is 1. The quantitative estimate of drug-likeness (QED) is 0.503. The molecule has 0 bridgehead atoms. The summed E-state index contributed by atoms with van der Waals surface area (Å²) in [6.45, 7) is 1.84. The number of nitrogens with zero attached hydrogens (tertiary/aromatic N) is 4. The summed E-state index contributed by atoms with van der Waals surface area (Å²) in [7, 11) is 1.80. The summed E-state index contributed by atoms with van der Waals surface area (Å²) >= 11 is 6.00. The van der Waals surface area contributed by atoms with E-state index < -0.39 is 0 Å². The summed E-state index contributed by atoms with van der Waals surface area (Å²) in [5.41, 5.74) is 0.546. The van der Waals surface area contributed by atoms with Gasteiger partial charge in [-0.1, -0.05) is 23.9 Å². The van der Waals surface area contributed by atoms with E-state index >= 15 is 0 Å². The van der Waals surface area contributed by atoms with Crippen LogP contribution < -0.4 is 10.6 Å². The molecule has 2 heterocycles. The van der Waals surface area contributed by atoms with Crippen LogP contribution in [0.25, 0.3) is 0 Å². The topological polar surface area (TPSA) is 102 Å². The summed E-state index contributed by atoms with van der Waals surface area (Å²) in [6.07, 6.45) is 1.63. The molecule has 3 rings (SSSR count). The normalized spacial score (nSPS) is 11.8. The second kappa shape index (κ2) is 9.30. The molecule has 0 radical (unpaired) electrons. The number of hydrogen-bond acceptors (Lipinski definition) is 7. The van der Waals surface area contributed by atoms with E-state index in [4.69, 9.17) is 0 Å². The van der Waals surface area contributed by atoms with E-state index in [9.17, 15) is 9.59 Å². The third-order valence-electron chi connectivity index (χ3n) is 3.73. The molecule has 2 amide bonds. The number of thioether (sulfide) groups is 1. The molecule has 0 aliphatic rings. The second-order valence-corrected chi connectivity index (χ2v) is 8.44. The monoisotopic (exact) mass is 480 g/mol. The Labute approximate surface area is 178 Å². The van der Waals surface area contributed by atoms with Crippen LogP contribution in [0.5, 0.6) is 0 Å². The molecule has 3 aromatic rings. The summed E-state index contributed by atoms with van der Waals surface area (Å²) in [6, 6.07) is 6.85. The molecular formula is C17H17BrN6O2S2. The lowest BCUT2D eigenvalue weighted by Gasteiger charge is -2.14. The molecule has 0 aliphatic heterocycles. The first-order valence-corrected chi connectivity index (χ1v) is 10.9. The lowest BCUT2D eigenvalue weighted by Crippen LogP contribution is -2.28. The average Bonchev–Trinajstić information content (AvgIpc) is 3.30. The van der Waals surface area contributed by atoms with E-state index in [1.54, 1.807) is 35.3 Å². The number of amides is 2. The molecule has 0 unspecified atom stereocenters. The van der Waals surface area contributed by atoms with Crippen LogP contribution in [0.15, 0.2) is 45.5 Å². The van der Waals surface area contributed by atoms with Crippen LogP contribution >= 0.6 is 39.0 Å². The summed E-state index contributed by atoms with van der Waals surface area (Å²) in [4.78, 5) is 28.5. The van der Waals surface area contributed by atoms with E-state index in [2.05, 4.69) is 41.7 Å². The first-order chi connectivity index (χ1) is 13.5. The molecule has 28 heavy (non-hydrogen) atoms. The third-order valence-corrected chi connectivity index (χ3v) is 6.13. The molecule has 0 fully saturated rings. The van der Waals surface area contributed by atoms with E-state index in [-0.39, 0.29) is 23.6 Å². The molecule has 8 nitrogen and oxygen atoms in total. The minimum Gasteiger partial charge on any atom is -0.342 e. The number of thiazole rings is 1. The minimum absolute atomic E-state index is 0.167. The van der Waals surface area contributed by atoms with Crippen LogP contribution in [0, 0.1) is 0 Å². The first-order valence-electron chi connectivity index (χ1n) is 8.22. The largest absolute Gasteiger partial charge is 0.342 e. The molecule has 0 saturated carbocycles. The van der Waals surface area contributed by atoms with Gasteiger partial charge in [-0.3, -0.25) is 9.59 Å². The number of aromatic nitrogens is 4. The zero-order valence-electron chi connectivity index (χ0n) is 15.0. The maximum Gasteiger partial charge on any atom is 0.253 e.